The van der Waals surface area contributed by atoms with Crippen molar-refractivity contribution >= 4 is 17.5 Å². The fraction of sp³-hybridized carbons (Fsp3) is 0.583. The number of amides is 2. The number of carbonyl (C=O) groups is 2. The zero-order valence-electron chi connectivity index (χ0n) is 11.7. The largest absolute Gasteiger partial charge is 0.337 e. The van der Waals surface area contributed by atoms with Gasteiger partial charge in [0.25, 0.3) is 5.91 Å². The molecule has 108 valence electrons. The van der Waals surface area contributed by atoms with Crippen LogP contribution in [-0.2, 0) is 16.1 Å². The molecule has 0 aliphatic carbocycles. The normalized spacial score (nSPS) is 15.0. The number of nitrogens with one attached hydrogen (secondary N) is 1. The summed E-state index contributed by atoms with van der Waals surface area (Å²) in [6.07, 6.45) is 0.618. The summed E-state index contributed by atoms with van der Waals surface area (Å²) in [5.41, 5.74) is 2.63. The monoisotopic (exact) mass is 279 g/mol. The van der Waals surface area contributed by atoms with E-state index in [1.54, 1.807) is 7.05 Å². The molecular weight excluding hydrogens is 262 g/mol. The Kier molecular flexibility index (Phi) is 4.11. The molecule has 20 heavy (non-hydrogen) atoms. The Labute approximate surface area is 116 Å². The van der Waals surface area contributed by atoms with E-state index in [0.29, 0.717) is 23.8 Å². The van der Waals surface area contributed by atoms with Crippen molar-refractivity contribution in [2.75, 3.05) is 7.05 Å². The molecule has 0 bridgehead atoms. The second-order valence-electron chi connectivity index (χ2n) is 4.96. The summed E-state index contributed by atoms with van der Waals surface area (Å²) in [5, 5.41) is 7.61. The highest BCUT2D eigenvalue weighted by molar-refractivity contribution is 6.39. The van der Waals surface area contributed by atoms with Crippen LogP contribution in [0.5, 0.6) is 0 Å². The van der Waals surface area contributed by atoms with E-state index in [-0.39, 0.29) is 30.7 Å². The summed E-state index contributed by atoms with van der Waals surface area (Å²) >= 11 is 0. The van der Waals surface area contributed by atoms with E-state index < -0.39 is 0 Å². The first kappa shape index (κ1) is 14.2. The van der Waals surface area contributed by atoms with Crippen molar-refractivity contribution in [1.82, 2.24) is 20.5 Å². The third-order valence-corrected chi connectivity index (χ3v) is 2.87. The first-order valence-corrected chi connectivity index (χ1v) is 6.40. The predicted molar refractivity (Wildman–Crippen MR) is 69.7 cm³/mol. The van der Waals surface area contributed by atoms with E-state index in [2.05, 4.69) is 20.7 Å². The molecule has 0 saturated heterocycles. The highest BCUT2D eigenvalue weighted by Crippen LogP contribution is 2.11. The molecule has 2 heterocycles. The number of rotatable bonds is 4. The predicted octanol–water partition coefficient (Wildman–Crippen LogP) is 0.417. The van der Waals surface area contributed by atoms with E-state index in [4.69, 9.17) is 4.52 Å². The molecule has 0 atom stereocenters. The van der Waals surface area contributed by atoms with Crippen molar-refractivity contribution in [2.45, 2.75) is 39.2 Å². The van der Waals surface area contributed by atoms with Gasteiger partial charge >= 0.3 is 0 Å². The van der Waals surface area contributed by atoms with Crippen molar-refractivity contribution < 1.29 is 14.1 Å². The molecule has 0 aromatic carbocycles. The van der Waals surface area contributed by atoms with Crippen LogP contribution in [0.25, 0.3) is 0 Å². The van der Waals surface area contributed by atoms with Gasteiger partial charge in [-0.25, -0.2) is 5.43 Å². The summed E-state index contributed by atoms with van der Waals surface area (Å²) in [6.45, 7) is 4.14. The number of aromatic nitrogens is 2. The number of hydrogen-bond donors (Lipinski definition) is 1. The van der Waals surface area contributed by atoms with E-state index in [9.17, 15) is 9.59 Å². The average Bonchev–Trinajstić information content (AvgIpc) is 2.87. The number of hydrogen-bond acceptors (Lipinski definition) is 6. The van der Waals surface area contributed by atoms with Gasteiger partial charge in [-0.2, -0.15) is 10.1 Å². The Hall–Kier alpha value is -2.25. The van der Waals surface area contributed by atoms with Gasteiger partial charge in [0.1, 0.15) is 12.3 Å². The van der Waals surface area contributed by atoms with Crippen LogP contribution < -0.4 is 5.43 Å². The Balaban J connectivity index is 1.98. The fourth-order valence-corrected chi connectivity index (χ4v) is 1.69. The average molecular weight is 279 g/mol. The summed E-state index contributed by atoms with van der Waals surface area (Å²) in [7, 11) is 1.63. The SMILES string of the molecule is CC(C)c1noc(CN(C)C(=O)C2=NNC(=O)CC2)n1. The van der Waals surface area contributed by atoms with Crippen LogP contribution in [0, 0.1) is 0 Å². The zero-order valence-corrected chi connectivity index (χ0v) is 11.7. The molecule has 1 aromatic rings. The molecule has 2 amide bonds. The van der Waals surface area contributed by atoms with Crippen LogP contribution in [0.4, 0.5) is 0 Å². The Morgan fingerprint density at radius 3 is 2.75 bits per heavy atom. The molecule has 0 unspecified atom stereocenters. The van der Waals surface area contributed by atoms with E-state index >= 15 is 0 Å². The van der Waals surface area contributed by atoms with E-state index in [1.807, 2.05) is 13.8 Å². The highest BCUT2D eigenvalue weighted by atomic mass is 16.5. The van der Waals surface area contributed by atoms with Crippen LogP contribution in [0.2, 0.25) is 0 Å². The van der Waals surface area contributed by atoms with Crippen molar-refractivity contribution in [3.8, 4) is 0 Å². The third-order valence-electron chi connectivity index (χ3n) is 2.87. The standard InChI is InChI=1S/C12H17N5O3/c1-7(2)11-13-10(20-16-11)6-17(3)12(19)8-4-5-9(18)15-14-8/h7H,4-6H2,1-3H3,(H,15,18). The van der Waals surface area contributed by atoms with Crippen LogP contribution in [0.1, 0.15) is 44.3 Å². The lowest BCUT2D eigenvalue weighted by Crippen LogP contribution is -2.37. The van der Waals surface area contributed by atoms with Crippen LogP contribution in [0.3, 0.4) is 0 Å². The minimum absolute atomic E-state index is 0.173. The molecule has 1 N–H and O–H groups in total. The van der Waals surface area contributed by atoms with Crippen LogP contribution in [0.15, 0.2) is 9.62 Å². The zero-order chi connectivity index (χ0) is 14.7. The maximum absolute atomic E-state index is 12.1. The van der Waals surface area contributed by atoms with Crippen molar-refractivity contribution in [1.29, 1.82) is 0 Å². The first-order valence-electron chi connectivity index (χ1n) is 6.40. The Morgan fingerprint density at radius 1 is 1.45 bits per heavy atom. The fourth-order valence-electron chi connectivity index (χ4n) is 1.69. The van der Waals surface area contributed by atoms with Crippen LogP contribution >= 0.6 is 0 Å². The van der Waals surface area contributed by atoms with Gasteiger partial charge in [-0.05, 0) is 0 Å². The molecule has 0 radical (unpaired) electrons. The lowest BCUT2D eigenvalue weighted by molar-refractivity contribution is -0.124. The van der Waals surface area contributed by atoms with Crippen molar-refractivity contribution in [3.63, 3.8) is 0 Å². The van der Waals surface area contributed by atoms with Gasteiger partial charge in [-0.15, -0.1) is 0 Å². The number of nitrogens with zero attached hydrogens (tertiary/aromatic N) is 4. The van der Waals surface area contributed by atoms with Crippen molar-refractivity contribution in [3.05, 3.63) is 11.7 Å². The molecule has 0 spiro atoms. The van der Waals surface area contributed by atoms with Gasteiger partial charge in [0.15, 0.2) is 5.82 Å². The van der Waals surface area contributed by atoms with Gasteiger partial charge < -0.3 is 9.42 Å². The first-order chi connectivity index (χ1) is 9.47. The van der Waals surface area contributed by atoms with Gasteiger partial charge in [-0.3, -0.25) is 9.59 Å². The molecule has 8 nitrogen and oxygen atoms in total. The van der Waals surface area contributed by atoms with Crippen molar-refractivity contribution in [2.24, 2.45) is 5.10 Å². The van der Waals surface area contributed by atoms with Crippen LogP contribution in [-0.4, -0.2) is 39.6 Å². The third kappa shape index (κ3) is 3.19. The van der Waals surface area contributed by atoms with E-state index in [1.165, 1.54) is 4.90 Å². The minimum atomic E-state index is -0.255. The second kappa shape index (κ2) is 5.81. The minimum Gasteiger partial charge on any atom is -0.337 e. The maximum atomic E-state index is 12.1. The lowest BCUT2D eigenvalue weighted by Gasteiger charge is -2.18. The van der Waals surface area contributed by atoms with Gasteiger partial charge in [0.2, 0.25) is 11.8 Å². The number of hydrazone groups is 1. The summed E-state index contributed by atoms with van der Waals surface area (Å²) in [6, 6.07) is 0. The molecule has 0 saturated carbocycles. The van der Waals surface area contributed by atoms with Gasteiger partial charge in [0, 0.05) is 25.8 Å². The lowest BCUT2D eigenvalue weighted by atomic mass is 10.1. The topological polar surface area (TPSA) is 101 Å². The molecule has 1 aliphatic heterocycles. The summed E-state index contributed by atoms with van der Waals surface area (Å²) in [4.78, 5) is 28.7. The smallest absolute Gasteiger partial charge is 0.270 e. The Morgan fingerprint density at radius 2 is 2.20 bits per heavy atom. The second-order valence-corrected chi connectivity index (χ2v) is 4.96. The van der Waals surface area contributed by atoms with Gasteiger partial charge in [0.05, 0.1) is 0 Å². The maximum Gasteiger partial charge on any atom is 0.270 e. The Bertz CT molecular complexity index is 549. The molecule has 1 aliphatic rings. The number of carbonyl (C=O) groups excluding carboxylic acids is 2. The van der Waals surface area contributed by atoms with E-state index in [0.717, 1.165) is 0 Å². The molecule has 2 rings (SSSR count). The summed E-state index contributed by atoms with van der Waals surface area (Å²) in [5.74, 6) is 0.733. The highest BCUT2D eigenvalue weighted by Gasteiger charge is 2.23. The molecule has 8 heteroatoms. The molecular formula is C12H17N5O3. The molecule has 1 aromatic heterocycles. The quantitative estimate of drug-likeness (QED) is 0.860. The van der Waals surface area contributed by atoms with Gasteiger partial charge in [-0.1, -0.05) is 19.0 Å². The molecule has 0 fully saturated rings. The summed E-state index contributed by atoms with van der Waals surface area (Å²) < 4.78 is 5.09.